The molecule has 1 fully saturated rings. The highest BCUT2D eigenvalue weighted by Crippen LogP contribution is 2.19. The number of ether oxygens (including phenoxy) is 1. The number of methoxy groups -OCH3 is 1. The van der Waals surface area contributed by atoms with Crippen LogP contribution in [0.3, 0.4) is 0 Å². The van der Waals surface area contributed by atoms with E-state index in [-0.39, 0.29) is 24.4 Å². The molecule has 0 aromatic heterocycles. The highest BCUT2D eigenvalue weighted by atomic mass is 16.5. The van der Waals surface area contributed by atoms with Crippen LogP contribution < -0.4 is 19.9 Å². The van der Waals surface area contributed by atoms with Crippen molar-refractivity contribution in [3.8, 4) is 5.75 Å². The Kier molecular flexibility index (Phi) is 7.52. The number of carbonyl (C=O) groups is 2. The zero-order valence-electron chi connectivity index (χ0n) is 18.9. The summed E-state index contributed by atoms with van der Waals surface area (Å²) < 4.78 is 5.23. The van der Waals surface area contributed by atoms with E-state index in [4.69, 9.17) is 4.74 Å². The maximum atomic E-state index is 12.9. The first-order valence-corrected chi connectivity index (χ1v) is 10.7. The molecule has 0 aliphatic carbocycles. The van der Waals surface area contributed by atoms with E-state index in [0.29, 0.717) is 0 Å². The van der Waals surface area contributed by atoms with Crippen molar-refractivity contribution >= 4 is 23.2 Å². The van der Waals surface area contributed by atoms with Crippen LogP contribution in [-0.2, 0) is 9.59 Å². The van der Waals surface area contributed by atoms with Gasteiger partial charge in [-0.1, -0.05) is 17.7 Å². The first kappa shape index (κ1) is 22.6. The number of aryl methyl sites for hydroxylation is 1. The fraction of sp³-hybridized carbons (Fsp3) is 0.417. The molecule has 0 saturated carbocycles. The molecule has 2 aromatic carbocycles. The normalized spacial score (nSPS) is 15.3. The molecule has 0 unspecified atom stereocenters. The van der Waals surface area contributed by atoms with Gasteiger partial charge in [0.25, 0.3) is 5.91 Å². The van der Waals surface area contributed by atoms with Crippen LogP contribution in [0.25, 0.3) is 0 Å². The number of amides is 2. The maximum absolute atomic E-state index is 12.9. The van der Waals surface area contributed by atoms with E-state index in [9.17, 15) is 9.59 Å². The number of hydrogen-bond acceptors (Lipinski definition) is 4. The molecule has 0 bridgehead atoms. The Hall–Kier alpha value is -3.06. The van der Waals surface area contributed by atoms with E-state index in [0.717, 1.165) is 43.2 Å². The third-order valence-corrected chi connectivity index (χ3v) is 5.92. The van der Waals surface area contributed by atoms with Crippen molar-refractivity contribution < 1.29 is 19.2 Å². The predicted octanol–water partition coefficient (Wildman–Crippen LogP) is 1.19. The minimum absolute atomic E-state index is 0.00745. The third kappa shape index (κ3) is 5.98. The van der Waals surface area contributed by atoms with Crippen LogP contribution in [0.5, 0.6) is 5.75 Å². The van der Waals surface area contributed by atoms with Crippen molar-refractivity contribution in [2.75, 3.05) is 57.1 Å². The number of quaternary nitrogens is 1. The Morgan fingerprint density at radius 3 is 2.29 bits per heavy atom. The standard InChI is InChI=1S/C24H32N4O3/c1-18-5-7-20(8-6-18)25-23(29)17-26(3)24(30)19(2)27-13-15-28(16-14-27)21-9-11-22(31-4)12-10-21/h5-12,19H,13-17H2,1-4H3,(H,25,29)/p+1/t19-/m1/s1. The van der Waals surface area contributed by atoms with Crippen molar-refractivity contribution in [2.45, 2.75) is 19.9 Å². The molecule has 1 heterocycles. The van der Waals surface area contributed by atoms with Crippen molar-refractivity contribution in [3.63, 3.8) is 0 Å². The van der Waals surface area contributed by atoms with Gasteiger partial charge >= 0.3 is 0 Å². The van der Waals surface area contributed by atoms with E-state index in [1.807, 2.05) is 50.2 Å². The number of rotatable bonds is 7. The highest BCUT2D eigenvalue weighted by Gasteiger charge is 2.31. The SMILES string of the molecule is COc1ccc(N2CC[NH+]([C@H](C)C(=O)N(C)CC(=O)Nc3ccc(C)cc3)CC2)cc1. The second kappa shape index (κ2) is 10.3. The number of nitrogens with one attached hydrogen (secondary N) is 2. The summed E-state index contributed by atoms with van der Waals surface area (Å²) in [4.78, 5) is 30.3. The van der Waals surface area contributed by atoms with Gasteiger partial charge in [-0.25, -0.2) is 0 Å². The summed E-state index contributed by atoms with van der Waals surface area (Å²) in [6.07, 6.45) is 0. The van der Waals surface area contributed by atoms with Gasteiger partial charge in [0, 0.05) is 18.4 Å². The molecular weight excluding hydrogens is 392 g/mol. The van der Waals surface area contributed by atoms with Gasteiger partial charge in [0.2, 0.25) is 5.91 Å². The van der Waals surface area contributed by atoms with Crippen molar-refractivity contribution in [2.24, 2.45) is 0 Å². The average Bonchev–Trinajstić information content (AvgIpc) is 2.79. The maximum Gasteiger partial charge on any atom is 0.280 e. The fourth-order valence-electron chi connectivity index (χ4n) is 3.91. The minimum Gasteiger partial charge on any atom is -0.497 e. The highest BCUT2D eigenvalue weighted by molar-refractivity contribution is 5.94. The first-order chi connectivity index (χ1) is 14.9. The van der Waals surface area contributed by atoms with Gasteiger partial charge in [0.15, 0.2) is 6.04 Å². The van der Waals surface area contributed by atoms with Crippen LogP contribution in [0.4, 0.5) is 11.4 Å². The molecule has 7 nitrogen and oxygen atoms in total. The quantitative estimate of drug-likeness (QED) is 0.700. The van der Waals surface area contributed by atoms with Crippen molar-refractivity contribution in [1.29, 1.82) is 0 Å². The summed E-state index contributed by atoms with van der Waals surface area (Å²) in [5.74, 6) is 0.653. The van der Waals surface area contributed by atoms with Crippen LogP contribution in [0, 0.1) is 6.92 Å². The zero-order chi connectivity index (χ0) is 22.4. The second-order valence-corrected chi connectivity index (χ2v) is 8.17. The number of carbonyl (C=O) groups excluding carboxylic acids is 2. The minimum atomic E-state index is -0.189. The average molecular weight is 426 g/mol. The number of likely N-dealkylation sites (N-methyl/N-ethyl adjacent to an activating group) is 1. The van der Waals surface area contributed by atoms with Crippen molar-refractivity contribution in [3.05, 3.63) is 54.1 Å². The Morgan fingerprint density at radius 2 is 1.71 bits per heavy atom. The molecule has 0 radical (unpaired) electrons. The molecule has 0 spiro atoms. The zero-order valence-corrected chi connectivity index (χ0v) is 18.9. The number of hydrogen-bond donors (Lipinski definition) is 2. The van der Waals surface area contributed by atoms with Crippen LogP contribution >= 0.6 is 0 Å². The lowest BCUT2D eigenvalue weighted by molar-refractivity contribution is -0.915. The summed E-state index contributed by atoms with van der Waals surface area (Å²) in [6, 6.07) is 15.5. The fourth-order valence-corrected chi connectivity index (χ4v) is 3.91. The summed E-state index contributed by atoms with van der Waals surface area (Å²) in [7, 11) is 3.36. The molecule has 31 heavy (non-hydrogen) atoms. The van der Waals surface area contributed by atoms with E-state index in [1.165, 1.54) is 15.5 Å². The summed E-state index contributed by atoms with van der Waals surface area (Å²) in [6.45, 7) is 7.52. The topological polar surface area (TPSA) is 66.3 Å². The van der Waals surface area contributed by atoms with Gasteiger partial charge in [-0.15, -0.1) is 0 Å². The molecule has 1 atom stereocenters. The molecule has 7 heteroatoms. The van der Waals surface area contributed by atoms with Crippen molar-refractivity contribution in [1.82, 2.24) is 4.90 Å². The number of piperazine rings is 1. The number of nitrogens with zero attached hydrogens (tertiary/aromatic N) is 2. The Labute approximate surface area is 184 Å². The summed E-state index contributed by atoms with van der Waals surface area (Å²) >= 11 is 0. The van der Waals surface area contributed by atoms with Gasteiger partial charge < -0.3 is 24.8 Å². The lowest BCUT2D eigenvalue weighted by atomic mass is 10.2. The molecule has 1 saturated heterocycles. The molecule has 2 N–H and O–H groups in total. The van der Waals surface area contributed by atoms with E-state index >= 15 is 0 Å². The largest absolute Gasteiger partial charge is 0.497 e. The monoisotopic (exact) mass is 425 g/mol. The molecule has 2 aromatic rings. The first-order valence-electron chi connectivity index (χ1n) is 10.7. The van der Waals surface area contributed by atoms with E-state index in [1.54, 1.807) is 14.2 Å². The molecule has 166 valence electrons. The molecular formula is C24H33N4O3+. The smallest absolute Gasteiger partial charge is 0.280 e. The van der Waals surface area contributed by atoms with Crippen LogP contribution in [0.15, 0.2) is 48.5 Å². The van der Waals surface area contributed by atoms with Crippen LogP contribution in [0.1, 0.15) is 12.5 Å². The molecule has 2 amide bonds. The summed E-state index contributed by atoms with van der Waals surface area (Å²) in [5.41, 5.74) is 3.04. The third-order valence-electron chi connectivity index (χ3n) is 5.92. The summed E-state index contributed by atoms with van der Waals surface area (Å²) in [5, 5.41) is 2.85. The predicted molar refractivity (Wildman–Crippen MR) is 123 cm³/mol. The Balaban J connectivity index is 1.47. The van der Waals surface area contributed by atoms with Gasteiger partial charge in [-0.3, -0.25) is 9.59 Å². The van der Waals surface area contributed by atoms with Gasteiger partial charge in [0.1, 0.15) is 5.75 Å². The Bertz CT molecular complexity index is 875. The lowest BCUT2D eigenvalue weighted by Crippen LogP contribution is -3.19. The second-order valence-electron chi connectivity index (χ2n) is 8.17. The van der Waals surface area contributed by atoms with Gasteiger partial charge in [-0.2, -0.15) is 0 Å². The van der Waals surface area contributed by atoms with Crippen LogP contribution in [0.2, 0.25) is 0 Å². The van der Waals surface area contributed by atoms with E-state index < -0.39 is 0 Å². The van der Waals surface area contributed by atoms with E-state index in [2.05, 4.69) is 22.3 Å². The van der Waals surface area contributed by atoms with Gasteiger partial charge in [-0.05, 0) is 50.2 Å². The Morgan fingerprint density at radius 1 is 1.10 bits per heavy atom. The molecule has 1 aliphatic rings. The molecule has 1 aliphatic heterocycles. The molecule has 3 rings (SSSR count). The van der Waals surface area contributed by atoms with Gasteiger partial charge in [0.05, 0.1) is 39.8 Å². The number of benzene rings is 2. The number of anilines is 2. The lowest BCUT2D eigenvalue weighted by Gasteiger charge is -2.36. The van der Waals surface area contributed by atoms with Crippen LogP contribution in [-0.4, -0.2) is 69.6 Å².